The molecule has 0 saturated heterocycles. The highest BCUT2D eigenvalue weighted by Crippen LogP contribution is 2.52. The smallest absolute Gasteiger partial charge is 0.157 e. The van der Waals surface area contributed by atoms with Crippen LogP contribution in [0.5, 0.6) is 57.5 Å². The normalized spacial score (nSPS) is 21.3. The Kier molecular flexibility index (Phi) is 6.46. The minimum atomic E-state index is -0.705. The van der Waals surface area contributed by atoms with Crippen molar-refractivity contribution < 1.29 is 50.3 Å². The van der Waals surface area contributed by atoms with Crippen LogP contribution in [0.3, 0.4) is 0 Å². The predicted molar refractivity (Wildman–Crippen MR) is 148 cm³/mol. The first kappa shape index (κ1) is 26.5. The molecule has 4 aromatic carbocycles. The van der Waals surface area contributed by atoms with Crippen LogP contribution >= 0.6 is 11.8 Å². The van der Waals surface area contributed by atoms with E-state index in [0.29, 0.717) is 22.3 Å². The third-order valence-electron chi connectivity index (χ3n) is 7.34. The number of phenols is 8. The third kappa shape index (κ3) is 4.89. The van der Waals surface area contributed by atoms with Crippen LogP contribution in [0.25, 0.3) is 0 Å². The van der Waals surface area contributed by atoms with E-state index in [-0.39, 0.29) is 70.3 Å². The summed E-state index contributed by atoms with van der Waals surface area (Å²) in [5, 5.41) is 80.7. The van der Waals surface area contributed by atoms with Crippen molar-refractivity contribution in [3.8, 4) is 57.5 Å². The number of thioether (sulfide) groups is 1. The van der Waals surface area contributed by atoms with Gasteiger partial charge in [-0.1, -0.05) is 12.1 Å². The van der Waals surface area contributed by atoms with E-state index in [2.05, 4.69) is 0 Å². The van der Waals surface area contributed by atoms with Gasteiger partial charge in [-0.2, -0.15) is 0 Å². The molecule has 212 valence electrons. The van der Waals surface area contributed by atoms with Gasteiger partial charge in [-0.25, -0.2) is 0 Å². The number of phenolic OH excluding ortho intramolecular Hbond substituents is 8. The SMILES string of the molecule is Oc1cc(O)c2c(c1)OC(c1ccc(O)c(O)c1)C(SC1Cc3c(O)cc(O)cc3OC1c1ccc(O)c(O)c1)C2. The molecule has 0 fully saturated rings. The largest absolute Gasteiger partial charge is 0.508 e. The maximum absolute atomic E-state index is 10.6. The zero-order valence-electron chi connectivity index (χ0n) is 21.3. The third-order valence-corrected chi connectivity index (χ3v) is 8.87. The number of aromatic hydroxyl groups is 8. The fourth-order valence-corrected chi connectivity index (χ4v) is 7.04. The molecule has 6 rings (SSSR count). The number of benzene rings is 4. The van der Waals surface area contributed by atoms with Gasteiger partial charge in [-0.3, -0.25) is 0 Å². The van der Waals surface area contributed by atoms with Crippen LogP contribution in [0.15, 0.2) is 60.7 Å². The van der Waals surface area contributed by atoms with Crippen molar-refractivity contribution in [3.05, 3.63) is 82.9 Å². The summed E-state index contributed by atoms with van der Waals surface area (Å²) in [5.41, 5.74) is 2.02. The minimum Gasteiger partial charge on any atom is -0.508 e. The fourth-order valence-electron chi connectivity index (χ4n) is 5.36. The zero-order valence-corrected chi connectivity index (χ0v) is 22.1. The molecule has 0 bridgehead atoms. The number of hydrogen-bond acceptors (Lipinski definition) is 11. The fraction of sp³-hybridized carbons (Fsp3) is 0.200. The van der Waals surface area contributed by atoms with E-state index in [1.54, 1.807) is 12.1 Å². The van der Waals surface area contributed by atoms with Crippen LogP contribution in [-0.4, -0.2) is 51.4 Å². The molecule has 0 radical (unpaired) electrons. The van der Waals surface area contributed by atoms with Crippen LogP contribution in [-0.2, 0) is 12.8 Å². The molecule has 11 heteroatoms. The van der Waals surface area contributed by atoms with Gasteiger partial charge in [0.05, 0.1) is 10.5 Å². The topological polar surface area (TPSA) is 180 Å². The Morgan fingerprint density at radius 1 is 0.488 bits per heavy atom. The van der Waals surface area contributed by atoms with Crippen molar-refractivity contribution >= 4 is 11.8 Å². The Hall–Kier alpha value is -4.77. The molecular formula is C30H26O10S. The lowest BCUT2D eigenvalue weighted by molar-refractivity contribution is 0.170. The zero-order chi connectivity index (χ0) is 29.0. The molecule has 2 aliphatic rings. The molecule has 4 atom stereocenters. The van der Waals surface area contributed by atoms with Gasteiger partial charge in [0.15, 0.2) is 23.0 Å². The molecule has 2 heterocycles. The Labute approximate surface area is 237 Å². The van der Waals surface area contributed by atoms with E-state index in [4.69, 9.17) is 9.47 Å². The molecule has 0 saturated carbocycles. The van der Waals surface area contributed by atoms with E-state index < -0.39 is 22.7 Å². The van der Waals surface area contributed by atoms with E-state index in [0.717, 1.165) is 0 Å². The summed E-state index contributed by atoms with van der Waals surface area (Å²) in [5.74, 6) is -1.36. The van der Waals surface area contributed by atoms with Crippen LogP contribution in [0.2, 0.25) is 0 Å². The van der Waals surface area contributed by atoms with Gasteiger partial charge in [0.1, 0.15) is 46.7 Å². The summed E-state index contributed by atoms with van der Waals surface area (Å²) in [4.78, 5) is 0. The van der Waals surface area contributed by atoms with Gasteiger partial charge in [0, 0.05) is 35.4 Å². The first-order chi connectivity index (χ1) is 19.6. The average molecular weight is 579 g/mol. The summed E-state index contributed by atoms with van der Waals surface area (Å²) < 4.78 is 12.6. The Morgan fingerprint density at radius 3 is 1.29 bits per heavy atom. The maximum Gasteiger partial charge on any atom is 0.157 e. The van der Waals surface area contributed by atoms with Crippen molar-refractivity contribution in [3.63, 3.8) is 0 Å². The van der Waals surface area contributed by atoms with Crippen molar-refractivity contribution in [2.45, 2.75) is 35.5 Å². The summed E-state index contributed by atoms with van der Waals surface area (Å²) in [7, 11) is 0. The maximum atomic E-state index is 10.6. The summed E-state index contributed by atoms with van der Waals surface area (Å²) in [6.07, 6.45) is -0.832. The van der Waals surface area contributed by atoms with Crippen molar-refractivity contribution in [1.82, 2.24) is 0 Å². The molecular weight excluding hydrogens is 552 g/mol. The second-order valence-corrected chi connectivity index (χ2v) is 11.6. The van der Waals surface area contributed by atoms with Crippen molar-refractivity contribution in [2.75, 3.05) is 0 Å². The van der Waals surface area contributed by atoms with Gasteiger partial charge in [-0.05, 0) is 48.2 Å². The van der Waals surface area contributed by atoms with E-state index in [1.807, 2.05) is 0 Å². The lowest BCUT2D eigenvalue weighted by Crippen LogP contribution is -2.35. The lowest BCUT2D eigenvalue weighted by atomic mass is 9.95. The van der Waals surface area contributed by atoms with Crippen molar-refractivity contribution in [1.29, 1.82) is 0 Å². The first-order valence-corrected chi connectivity index (χ1v) is 13.6. The van der Waals surface area contributed by atoms with E-state index in [9.17, 15) is 40.9 Å². The Balaban J connectivity index is 1.43. The monoisotopic (exact) mass is 578 g/mol. The molecule has 8 N–H and O–H groups in total. The molecule has 4 unspecified atom stereocenters. The second kappa shape index (κ2) is 10.0. The molecule has 41 heavy (non-hydrogen) atoms. The molecule has 0 amide bonds. The predicted octanol–water partition coefficient (Wildman–Crippen LogP) is 4.85. The van der Waals surface area contributed by atoms with Gasteiger partial charge < -0.3 is 50.3 Å². The van der Waals surface area contributed by atoms with E-state index >= 15 is 0 Å². The summed E-state index contributed by atoms with van der Waals surface area (Å²) in [6, 6.07) is 13.9. The molecule has 0 spiro atoms. The second-order valence-electron chi connectivity index (χ2n) is 10.1. The average Bonchev–Trinajstić information content (AvgIpc) is 2.92. The van der Waals surface area contributed by atoms with Gasteiger partial charge in [0.25, 0.3) is 0 Å². The number of fused-ring (bicyclic) bond motifs is 2. The highest BCUT2D eigenvalue weighted by molar-refractivity contribution is 8.00. The highest BCUT2D eigenvalue weighted by Gasteiger charge is 2.41. The summed E-state index contributed by atoms with van der Waals surface area (Å²) in [6.45, 7) is 0. The highest BCUT2D eigenvalue weighted by atomic mass is 32.2. The van der Waals surface area contributed by atoms with Gasteiger partial charge in [-0.15, -0.1) is 11.8 Å². The molecule has 10 nitrogen and oxygen atoms in total. The Morgan fingerprint density at radius 2 is 0.902 bits per heavy atom. The molecule has 2 aliphatic heterocycles. The van der Waals surface area contributed by atoms with Crippen LogP contribution in [0.1, 0.15) is 34.5 Å². The minimum absolute atomic E-state index is 0.143. The number of ether oxygens (including phenoxy) is 2. The number of hydrogen-bond donors (Lipinski definition) is 8. The lowest BCUT2D eigenvalue weighted by Gasteiger charge is -2.39. The van der Waals surface area contributed by atoms with Gasteiger partial charge in [0.2, 0.25) is 0 Å². The van der Waals surface area contributed by atoms with Crippen LogP contribution < -0.4 is 9.47 Å². The van der Waals surface area contributed by atoms with Crippen molar-refractivity contribution in [2.24, 2.45) is 0 Å². The molecule has 0 aliphatic carbocycles. The van der Waals surface area contributed by atoms with Gasteiger partial charge >= 0.3 is 0 Å². The first-order valence-electron chi connectivity index (χ1n) is 12.7. The number of rotatable bonds is 4. The Bertz CT molecular complexity index is 1530. The quantitative estimate of drug-likeness (QED) is 0.155. The van der Waals surface area contributed by atoms with Crippen LogP contribution in [0, 0.1) is 0 Å². The molecule has 0 aromatic heterocycles. The summed E-state index contributed by atoms with van der Waals surface area (Å²) >= 11 is 1.43. The molecule has 4 aromatic rings. The standard InChI is InChI=1S/C30H26O10S/c31-15-7-21(35)17-11-27(29(39-25(17)9-15)13-1-3-19(33)23(37)5-13)41-28-12-18-22(36)8-16(32)10-26(18)40-30(28)14-2-4-20(34)24(38)6-14/h1-10,27-38H,11-12H2. The van der Waals surface area contributed by atoms with Crippen LogP contribution in [0.4, 0.5) is 0 Å². The van der Waals surface area contributed by atoms with E-state index in [1.165, 1.54) is 60.3 Å².